The molecule has 4 nitrogen and oxygen atoms in total. The molecule has 0 atom stereocenters. The van der Waals surface area contributed by atoms with Gasteiger partial charge in [-0.1, -0.05) is 0 Å². The summed E-state index contributed by atoms with van der Waals surface area (Å²) >= 11 is 0. The molecule has 0 radical (unpaired) electrons. The topological polar surface area (TPSA) is 39.7 Å². The summed E-state index contributed by atoms with van der Waals surface area (Å²) in [4.78, 5) is 0. The summed E-state index contributed by atoms with van der Waals surface area (Å²) in [6.45, 7) is 1.79. The van der Waals surface area contributed by atoms with E-state index in [-0.39, 0.29) is 11.5 Å². The van der Waals surface area contributed by atoms with Gasteiger partial charge in [-0.2, -0.15) is 0 Å². The number of benzene rings is 1. The van der Waals surface area contributed by atoms with Crippen LogP contribution in [0.1, 0.15) is 5.56 Å². The Bertz CT molecular complexity index is 399. The maximum atomic E-state index is 12.8. The normalized spacial score (nSPS) is 20.9. The Hall–Kier alpha value is -1.56. The molecule has 1 N–H and O–H groups in total. The van der Waals surface area contributed by atoms with E-state index in [4.69, 9.17) is 4.74 Å². The number of ether oxygens (including phenoxy) is 3. The highest BCUT2D eigenvalue weighted by Gasteiger charge is 2.44. The van der Waals surface area contributed by atoms with Crippen molar-refractivity contribution in [3.05, 3.63) is 17.7 Å². The van der Waals surface area contributed by atoms with Gasteiger partial charge in [0.25, 0.3) is 0 Å². The van der Waals surface area contributed by atoms with E-state index in [1.165, 1.54) is 12.1 Å². The zero-order valence-electron chi connectivity index (χ0n) is 8.26. The monoisotopic (exact) mass is 229 g/mol. The Morgan fingerprint density at radius 2 is 1.88 bits per heavy atom. The minimum absolute atomic E-state index is 0.0191. The highest BCUT2D eigenvalue weighted by Crippen LogP contribution is 2.44. The molecule has 0 amide bonds. The smallest absolute Gasteiger partial charge is 0.492 e. The van der Waals surface area contributed by atoms with E-state index in [9.17, 15) is 8.78 Å². The number of hydrogen-bond acceptors (Lipinski definition) is 4. The van der Waals surface area contributed by atoms with Gasteiger partial charge in [-0.05, 0) is 6.07 Å². The number of hydrogen-bond donors (Lipinski definition) is 1. The standard InChI is InChI=1S/C10H9F2NO3/c11-10(12)15-8-3-6-5-13-1-2-14-7(6)4-9(8)16-10/h3-4,13H,1-2,5H2. The lowest BCUT2D eigenvalue weighted by atomic mass is 10.2. The molecule has 0 fully saturated rings. The molecular weight excluding hydrogens is 220 g/mol. The van der Waals surface area contributed by atoms with Crippen LogP contribution in [0.4, 0.5) is 8.78 Å². The van der Waals surface area contributed by atoms with Crippen LogP contribution >= 0.6 is 0 Å². The van der Waals surface area contributed by atoms with Crippen LogP contribution in [0.25, 0.3) is 0 Å². The average molecular weight is 229 g/mol. The fourth-order valence-corrected chi connectivity index (χ4v) is 1.75. The van der Waals surface area contributed by atoms with Gasteiger partial charge in [0, 0.05) is 24.7 Å². The number of alkyl halides is 2. The van der Waals surface area contributed by atoms with Gasteiger partial charge in [0.15, 0.2) is 11.5 Å². The Balaban J connectivity index is 2.01. The van der Waals surface area contributed by atoms with E-state index < -0.39 is 6.29 Å². The van der Waals surface area contributed by atoms with Gasteiger partial charge in [0.05, 0.1) is 0 Å². The van der Waals surface area contributed by atoms with Crippen LogP contribution < -0.4 is 19.5 Å². The molecule has 16 heavy (non-hydrogen) atoms. The first-order chi connectivity index (χ1) is 7.64. The molecule has 1 aromatic carbocycles. The molecule has 2 heterocycles. The van der Waals surface area contributed by atoms with Gasteiger partial charge in [0.1, 0.15) is 12.4 Å². The summed E-state index contributed by atoms with van der Waals surface area (Å²) in [5, 5.41) is 3.11. The Morgan fingerprint density at radius 3 is 2.69 bits per heavy atom. The third-order valence-electron chi connectivity index (χ3n) is 2.44. The predicted octanol–water partition coefficient (Wildman–Crippen LogP) is 1.49. The maximum absolute atomic E-state index is 12.8. The molecule has 0 unspecified atom stereocenters. The van der Waals surface area contributed by atoms with Gasteiger partial charge in [-0.3, -0.25) is 0 Å². The van der Waals surface area contributed by atoms with Crippen molar-refractivity contribution in [3.8, 4) is 17.2 Å². The van der Waals surface area contributed by atoms with E-state index in [2.05, 4.69) is 14.8 Å². The van der Waals surface area contributed by atoms with Crippen molar-refractivity contribution in [2.45, 2.75) is 12.8 Å². The number of nitrogens with one attached hydrogen (secondary N) is 1. The molecule has 0 aliphatic carbocycles. The average Bonchev–Trinajstić information content (AvgIpc) is 2.39. The lowest BCUT2D eigenvalue weighted by Crippen LogP contribution is -2.26. The fourth-order valence-electron chi connectivity index (χ4n) is 1.75. The third-order valence-corrected chi connectivity index (χ3v) is 2.44. The van der Waals surface area contributed by atoms with Crippen LogP contribution in [0.5, 0.6) is 17.2 Å². The Kier molecular flexibility index (Phi) is 1.94. The third kappa shape index (κ3) is 1.55. The van der Waals surface area contributed by atoms with E-state index in [1.54, 1.807) is 0 Å². The van der Waals surface area contributed by atoms with Crippen LogP contribution in [0.3, 0.4) is 0 Å². The lowest BCUT2D eigenvalue weighted by molar-refractivity contribution is -0.286. The minimum Gasteiger partial charge on any atom is -0.492 e. The van der Waals surface area contributed by atoms with E-state index in [0.29, 0.717) is 18.9 Å². The molecule has 0 saturated heterocycles. The van der Waals surface area contributed by atoms with Crippen LogP contribution in [0.15, 0.2) is 12.1 Å². The zero-order valence-corrected chi connectivity index (χ0v) is 8.26. The largest absolute Gasteiger partial charge is 0.586 e. The lowest BCUT2D eigenvalue weighted by Gasteiger charge is -2.06. The molecule has 0 bridgehead atoms. The van der Waals surface area contributed by atoms with Gasteiger partial charge in [-0.15, -0.1) is 8.78 Å². The first-order valence-corrected chi connectivity index (χ1v) is 4.90. The van der Waals surface area contributed by atoms with Crippen molar-refractivity contribution in [1.82, 2.24) is 5.32 Å². The summed E-state index contributed by atoms with van der Waals surface area (Å²) in [5.41, 5.74) is 0.789. The zero-order chi connectivity index (χ0) is 11.2. The molecular formula is C10H9F2NO3. The first kappa shape index (κ1) is 9.65. The van der Waals surface area contributed by atoms with Crippen molar-refractivity contribution < 1.29 is 23.0 Å². The second-order valence-corrected chi connectivity index (χ2v) is 3.60. The van der Waals surface area contributed by atoms with Gasteiger partial charge in [-0.25, -0.2) is 0 Å². The summed E-state index contributed by atoms with van der Waals surface area (Å²) in [6.07, 6.45) is -3.57. The number of rotatable bonds is 0. The van der Waals surface area contributed by atoms with Gasteiger partial charge >= 0.3 is 6.29 Å². The first-order valence-electron chi connectivity index (χ1n) is 4.90. The maximum Gasteiger partial charge on any atom is 0.586 e. The van der Waals surface area contributed by atoms with E-state index >= 15 is 0 Å². The van der Waals surface area contributed by atoms with Crippen LogP contribution in [-0.2, 0) is 6.54 Å². The second-order valence-electron chi connectivity index (χ2n) is 3.60. The van der Waals surface area contributed by atoms with Crippen molar-refractivity contribution in [3.63, 3.8) is 0 Å². The fraction of sp³-hybridized carbons (Fsp3) is 0.400. The summed E-state index contributed by atoms with van der Waals surface area (Å²) in [6, 6.07) is 2.96. The van der Waals surface area contributed by atoms with Crippen molar-refractivity contribution in [2.75, 3.05) is 13.2 Å². The highest BCUT2D eigenvalue weighted by molar-refractivity contribution is 5.52. The molecule has 6 heteroatoms. The van der Waals surface area contributed by atoms with Crippen molar-refractivity contribution in [1.29, 1.82) is 0 Å². The van der Waals surface area contributed by atoms with Crippen molar-refractivity contribution >= 4 is 0 Å². The molecule has 3 rings (SSSR count). The van der Waals surface area contributed by atoms with Crippen LogP contribution in [0, 0.1) is 0 Å². The molecule has 0 spiro atoms. The minimum atomic E-state index is -3.57. The van der Waals surface area contributed by atoms with Crippen molar-refractivity contribution in [2.24, 2.45) is 0 Å². The van der Waals surface area contributed by atoms with Gasteiger partial charge in [0.2, 0.25) is 0 Å². The summed E-state index contributed by atoms with van der Waals surface area (Å²) in [5.74, 6) is 0.631. The Labute approximate surface area is 90.1 Å². The molecule has 2 aliphatic rings. The predicted molar refractivity (Wildman–Crippen MR) is 49.8 cm³/mol. The summed E-state index contributed by atoms with van der Waals surface area (Å²) in [7, 11) is 0. The van der Waals surface area contributed by atoms with E-state index in [1.807, 2.05) is 0 Å². The number of fused-ring (bicyclic) bond motifs is 2. The SMILES string of the molecule is FC1(F)Oc2cc3c(cc2O1)OCCNC3. The second kappa shape index (κ2) is 3.21. The van der Waals surface area contributed by atoms with Crippen LogP contribution in [0.2, 0.25) is 0 Å². The quantitative estimate of drug-likeness (QED) is 0.731. The van der Waals surface area contributed by atoms with E-state index in [0.717, 1.165) is 12.1 Å². The van der Waals surface area contributed by atoms with Gasteiger partial charge < -0.3 is 19.5 Å². The Morgan fingerprint density at radius 1 is 1.12 bits per heavy atom. The van der Waals surface area contributed by atoms with Crippen LogP contribution in [-0.4, -0.2) is 19.4 Å². The highest BCUT2D eigenvalue weighted by atomic mass is 19.3. The molecule has 2 aliphatic heterocycles. The molecule has 0 aromatic heterocycles. The molecule has 86 valence electrons. The molecule has 0 saturated carbocycles. The molecule has 1 aromatic rings. The number of halogens is 2. The summed E-state index contributed by atoms with van der Waals surface area (Å²) < 4.78 is 39.7.